The number of hydrogen-bond donors (Lipinski definition) is 0. The molecule has 1 unspecified atom stereocenters. The van der Waals surface area contributed by atoms with Gasteiger partial charge in [-0.2, -0.15) is 0 Å². The van der Waals surface area contributed by atoms with Gasteiger partial charge in [-0.1, -0.05) is 0 Å². The zero-order valence-electron chi connectivity index (χ0n) is 11.3. The summed E-state index contributed by atoms with van der Waals surface area (Å²) in [6.07, 6.45) is 7.31. The van der Waals surface area contributed by atoms with E-state index in [9.17, 15) is 9.59 Å². The largest absolute Gasteiger partial charge is 0.336 e. The van der Waals surface area contributed by atoms with Crippen LogP contribution in [0, 0.1) is 0 Å². The average molecular weight is 250 g/mol. The van der Waals surface area contributed by atoms with Crippen molar-refractivity contribution in [3.63, 3.8) is 0 Å². The number of nitrogens with zero attached hydrogens (tertiary/aromatic N) is 2. The van der Waals surface area contributed by atoms with Gasteiger partial charge in [-0.25, -0.2) is 0 Å². The van der Waals surface area contributed by atoms with Crippen molar-refractivity contribution >= 4 is 11.8 Å². The second-order valence-electron chi connectivity index (χ2n) is 5.24. The molecule has 0 aromatic heterocycles. The first-order valence-electron chi connectivity index (χ1n) is 6.84. The maximum Gasteiger partial charge on any atom is 0.223 e. The third kappa shape index (κ3) is 2.74. The monoisotopic (exact) mass is 250 g/mol. The van der Waals surface area contributed by atoms with E-state index in [1.54, 1.807) is 18.7 Å². The fraction of sp³-hybridized carbons (Fsp3) is 0.714. The summed E-state index contributed by atoms with van der Waals surface area (Å²) in [5.74, 6) is 0.248. The molecule has 0 aromatic rings. The van der Waals surface area contributed by atoms with Crippen LogP contribution in [0.3, 0.4) is 0 Å². The lowest BCUT2D eigenvalue weighted by Gasteiger charge is -2.38. The number of hydrogen-bond acceptors (Lipinski definition) is 2. The van der Waals surface area contributed by atoms with Crippen LogP contribution >= 0.6 is 0 Å². The van der Waals surface area contributed by atoms with E-state index in [1.165, 1.54) is 12.0 Å². The minimum atomic E-state index is 0.0948. The highest BCUT2D eigenvalue weighted by Gasteiger charge is 2.29. The first-order chi connectivity index (χ1) is 8.59. The van der Waals surface area contributed by atoms with Gasteiger partial charge in [0.15, 0.2) is 0 Å². The summed E-state index contributed by atoms with van der Waals surface area (Å²) in [6.45, 7) is 4.91. The van der Waals surface area contributed by atoms with Crippen LogP contribution in [0.5, 0.6) is 0 Å². The molecule has 2 heterocycles. The van der Waals surface area contributed by atoms with Crippen LogP contribution in [0.15, 0.2) is 11.8 Å². The number of amides is 2. The number of carbonyl (C=O) groups excluding carboxylic acids is 2. The molecule has 2 aliphatic rings. The van der Waals surface area contributed by atoms with Crippen LogP contribution in [0.1, 0.15) is 46.0 Å². The topological polar surface area (TPSA) is 40.6 Å². The quantitative estimate of drug-likeness (QED) is 0.713. The Kier molecular flexibility index (Phi) is 4.04. The maximum atomic E-state index is 11.7. The van der Waals surface area contributed by atoms with Gasteiger partial charge in [0, 0.05) is 33.1 Å². The van der Waals surface area contributed by atoms with Crippen molar-refractivity contribution in [3.8, 4) is 0 Å². The lowest BCUT2D eigenvalue weighted by Crippen LogP contribution is -2.45. The molecule has 1 atom stereocenters. The Labute approximate surface area is 109 Å². The lowest BCUT2D eigenvalue weighted by atomic mass is 9.91. The molecule has 0 aromatic carbocycles. The molecule has 0 radical (unpaired) electrons. The van der Waals surface area contributed by atoms with Gasteiger partial charge in [0.2, 0.25) is 11.8 Å². The molecule has 1 saturated heterocycles. The van der Waals surface area contributed by atoms with Crippen LogP contribution in [-0.2, 0) is 9.59 Å². The molecule has 100 valence electrons. The molecule has 0 spiro atoms. The molecule has 2 aliphatic heterocycles. The standard InChI is InChI=1S/C14H22N2O2/c1-11(17)15-8-5-6-13(10-15)14-7-3-4-9-16(14)12(2)18/h10,14H,3-9H2,1-2H3. The summed E-state index contributed by atoms with van der Waals surface area (Å²) in [7, 11) is 0. The van der Waals surface area contributed by atoms with Crippen molar-refractivity contribution in [1.29, 1.82) is 0 Å². The Morgan fingerprint density at radius 2 is 1.89 bits per heavy atom. The number of piperidine rings is 1. The predicted octanol–water partition coefficient (Wildman–Crippen LogP) is 1.91. The summed E-state index contributed by atoms with van der Waals surface area (Å²) in [4.78, 5) is 26.9. The molecule has 18 heavy (non-hydrogen) atoms. The summed E-state index contributed by atoms with van der Waals surface area (Å²) in [5, 5.41) is 0. The molecule has 0 saturated carbocycles. The van der Waals surface area contributed by atoms with Gasteiger partial charge >= 0.3 is 0 Å². The Hall–Kier alpha value is -1.32. The molecule has 0 aliphatic carbocycles. The molecular formula is C14H22N2O2. The Bertz CT molecular complexity index is 376. The van der Waals surface area contributed by atoms with Gasteiger partial charge in [-0.15, -0.1) is 0 Å². The highest BCUT2D eigenvalue weighted by atomic mass is 16.2. The van der Waals surface area contributed by atoms with E-state index in [2.05, 4.69) is 0 Å². The molecule has 0 bridgehead atoms. The lowest BCUT2D eigenvalue weighted by molar-refractivity contribution is -0.131. The minimum absolute atomic E-state index is 0.0948. The zero-order valence-corrected chi connectivity index (χ0v) is 11.3. The smallest absolute Gasteiger partial charge is 0.223 e. The van der Waals surface area contributed by atoms with Gasteiger partial charge in [0.05, 0.1) is 6.04 Å². The van der Waals surface area contributed by atoms with Gasteiger partial charge in [0.1, 0.15) is 0 Å². The van der Waals surface area contributed by atoms with Gasteiger partial charge in [0.25, 0.3) is 0 Å². The number of rotatable bonds is 1. The Morgan fingerprint density at radius 1 is 1.11 bits per heavy atom. The van der Waals surface area contributed by atoms with E-state index in [-0.39, 0.29) is 17.9 Å². The first-order valence-corrected chi connectivity index (χ1v) is 6.84. The second-order valence-corrected chi connectivity index (χ2v) is 5.24. The normalized spacial score (nSPS) is 24.8. The van der Waals surface area contributed by atoms with E-state index < -0.39 is 0 Å². The van der Waals surface area contributed by atoms with Crippen molar-refractivity contribution < 1.29 is 9.59 Å². The van der Waals surface area contributed by atoms with Crippen LogP contribution < -0.4 is 0 Å². The summed E-state index contributed by atoms with van der Waals surface area (Å²) in [6, 6.07) is 0.221. The average Bonchev–Trinajstić information content (AvgIpc) is 2.39. The first kappa shape index (κ1) is 13.1. The third-order valence-electron chi connectivity index (χ3n) is 3.93. The van der Waals surface area contributed by atoms with Gasteiger partial charge in [-0.3, -0.25) is 9.59 Å². The summed E-state index contributed by atoms with van der Waals surface area (Å²) < 4.78 is 0. The minimum Gasteiger partial charge on any atom is -0.336 e. The van der Waals surface area contributed by atoms with E-state index in [0.717, 1.165) is 38.8 Å². The van der Waals surface area contributed by atoms with E-state index >= 15 is 0 Å². The molecule has 2 amide bonds. The Morgan fingerprint density at radius 3 is 2.56 bits per heavy atom. The van der Waals surface area contributed by atoms with Crippen molar-refractivity contribution in [2.75, 3.05) is 13.1 Å². The van der Waals surface area contributed by atoms with Crippen molar-refractivity contribution in [2.45, 2.75) is 52.0 Å². The van der Waals surface area contributed by atoms with E-state index in [0.29, 0.717) is 0 Å². The number of carbonyl (C=O) groups is 2. The second kappa shape index (κ2) is 5.55. The summed E-state index contributed by atoms with van der Waals surface area (Å²) >= 11 is 0. The fourth-order valence-corrected chi connectivity index (χ4v) is 2.98. The van der Waals surface area contributed by atoms with Crippen LogP contribution in [0.4, 0.5) is 0 Å². The van der Waals surface area contributed by atoms with Gasteiger partial charge in [-0.05, 0) is 37.7 Å². The molecular weight excluding hydrogens is 228 g/mol. The van der Waals surface area contributed by atoms with Crippen LogP contribution in [0.25, 0.3) is 0 Å². The zero-order chi connectivity index (χ0) is 13.1. The predicted molar refractivity (Wildman–Crippen MR) is 69.7 cm³/mol. The summed E-state index contributed by atoms with van der Waals surface area (Å²) in [5.41, 5.74) is 1.26. The molecule has 4 heteroatoms. The van der Waals surface area contributed by atoms with Crippen molar-refractivity contribution in [3.05, 3.63) is 11.8 Å². The van der Waals surface area contributed by atoms with Crippen molar-refractivity contribution in [1.82, 2.24) is 9.80 Å². The third-order valence-corrected chi connectivity index (χ3v) is 3.93. The van der Waals surface area contributed by atoms with Gasteiger partial charge < -0.3 is 9.80 Å². The van der Waals surface area contributed by atoms with E-state index in [1.807, 2.05) is 11.1 Å². The van der Waals surface area contributed by atoms with Crippen LogP contribution in [0.2, 0.25) is 0 Å². The van der Waals surface area contributed by atoms with Crippen molar-refractivity contribution in [2.24, 2.45) is 0 Å². The maximum absolute atomic E-state index is 11.7. The number of likely N-dealkylation sites (tertiary alicyclic amines) is 1. The molecule has 2 rings (SSSR count). The fourth-order valence-electron chi connectivity index (χ4n) is 2.98. The highest BCUT2D eigenvalue weighted by Crippen LogP contribution is 2.28. The van der Waals surface area contributed by atoms with E-state index in [4.69, 9.17) is 0 Å². The molecule has 4 nitrogen and oxygen atoms in total. The Balaban J connectivity index is 2.17. The molecule has 1 fully saturated rings. The molecule has 0 N–H and O–H groups in total. The highest BCUT2D eigenvalue weighted by molar-refractivity contribution is 5.75. The SMILES string of the molecule is CC(=O)N1C=C(C2CCCCN2C(C)=O)CCC1. The van der Waals surface area contributed by atoms with Crippen LogP contribution in [-0.4, -0.2) is 40.7 Å².